The lowest BCUT2D eigenvalue weighted by Gasteiger charge is -2.26. The molecular weight excluding hydrogens is 306 g/mol. The first-order valence-corrected chi connectivity index (χ1v) is 7.56. The van der Waals surface area contributed by atoms with Crippen molar-refractivity contribution in [1.82, 2.24) is 5.32 Å². The Hall–Kier alpha value is -0.580. The van der Waals surface area contributed by atoms with Gasteiger partial charge in [0.05, 0.1) is 13.2 Å². The maximum absolute atomic E-state index is 5.80. The van der Waals surface area contributed by atoms with Gasteiger partial charge in [-0.25, -0.2) is 0 Å². The lowest BCUT2D eigenvalue weighted by Crippen LogP contribution is -2.40. The van der Waals surface area contributed by atoms with Crippen LogP contribution >= 0.6 is 15.9 Å². The van der Waals surface area contributed by atoms with Crippen LogP contribution in [0.3, 0.4) is 0 Å². The number of halogens is 1. The van der Waals surface area contributed by atoms with Crippen LogP contribution in [-0.2, 0) is 11.2 Å². The standard InChI is InChI=1S/C15H24BrNO2/c1-5-15(19-6-2)14(17-3)10-11-9-12(18-4)7-8-13(11)16/h7-9,14-15,17H,5-6,10H2,1-4H3. The summed E-state index contributed by atoms with van der Waals surface area (Å²) < 4.78 is 12.2. The maximum atomic E-state index is 5.80. The summed E-state index contributed by atoms with van der Waals surface area (Å²) in [4.78, 5) is 0. The van der Waals surface area contributed by atoms with E-state index in [0.29, 0.717) is 6.04 Å². The molecule has 4 heteroatoms. The minimum Gasteiger partial charge on any atom is -0.497 e. The van der Waals surface area contributed by atoms with Gasteiger partial charge in [0, 0.05) is 17.1 Å². The van der Waals surface area contributed by atoms with E-state index in [4.69, 9.17) is 9.47 Å². The Kier molecular flexibility index (Phi) is 7.42. The largest absolute Gasteiger partial charge is 0.497 e. The smallest absolute Gasteiger partial charge is 0.119 e. The predicted molar refractivity (Wildman–Crippen MR) is 83.0 cm³/mol. The molecule has 0 bridgehead atoms. The summed E-state index contributed by atoms with van der Waals surface area (Å²) in [6, 6.07) is 6.37. The van der Waals surface area contributed by atoms with E-state index < -0.39 is 0 Å². The Morgan fingerprint density at radius 3 is 2.58 bits per heavy atom. The zero-order valence-electron chi connectivity index (χ0n) is 12.2. The highest BCUT2D eigenvalue weighted by Gasteiger charge is 2.20. The third-order valence-electron chi connectivity index (χ3n) is 3.30. The molecule has 0 radical (unpaired) electrons. The van der Waals surface area contributed by atoms with Gasteiger partial charge in [-0.2, -0.15) is 0 Å². The Bertz CT molecular complexity index is 384. The lowest BCUT2D eigenvalue weighted by atomic mass is 9.99. The van der Waals surface area contributed by atoms with E-state index in [-0.39, 0.29) is 6.10 Å². The van der Waals surface area contributed by atoms with Crippen molar-refractivity contribution in [2.45, 2.75) is 38.8 Å². The Morgan fingerprint density at radius 1 is 1.32 bits per heavy atom. The number of hydrogen-bond donors (Lipinski definition) is 1. The fourth-order valence-corrected chi connectivity index (χ4v) is 2.63. The second kappa shape index (κ2) is 8.56. The van der Waals surface area contributed by atoms with Crippen molar-refractivity contribution in [3.63, 3.8) is 0 Å². The molecule has 0 aliphatic carbocycles. The van der Waals surface area contributed by atoms with Crippen molar-refractivity contribution in [1.29, 1.82) is 0 Å². The van der Waals surface area contributed by atoms with Crippen LogP contribution < -0.4 is 10.1 Å². The molecule has 108 valence electrons. The highest BCUT2D eigenvalue weighted by atomic mass is 79.9. The molecule has 1 aromatic carbocycles. The van der Waals surface area contributed by atoms with Crippen molar-refractivity contribution < 1.29 is 9.47 Å². The van der Waals surface area contributed by atoms with Crippen LogP contribution in [-0.4, -0.2) is 32.9 Å². The van der Waals surface area contributed by atoms with Gasteiger partial charge in [-0.05, 0) is 50.6 Å². The zero-order valence-corrected chi connectivity index (χ0v) is 13.8. The van der Waals surface area contributed by atoms with E-state index >= 15 is 0 Å². The predicted octanol–water partition coefficient (Wildman–Crippen LogP) is 3.40. The van der Waals surface area contributed by atoms with E-state index in [2.05, 4.69) is 34.2 Å². The van der Waals surface area contributed by atoms with Crippen molar-refractivity contribution in [3.05, 3.63) is 28.2 Å². The molecule has 19 heavy (non-hydrogen) atoms. The second-order valence-corrected chi connectivity index (χ2v) is 5.31. The first-order valence-electron chi connectivity index (χ1n) is 6.77. The van der Waals surface area contributed by atoms with Gasteiger partial charge in [-0.3, -0.25) is 0 Å². The molecule has 2 unspecified atom stereocenters. The van der Waals surface area contributed by atoms with Crippen molar-refractivity contribution in [2.75, 3.05) is 20.8 Å². The molecule has 1 aromatic rings. The highest BCUT2D eigenvalue weighted by molar-refractivity contribution is 9.10. The number of benzene rings is 1. The number of hydrogen-bond acceptors (Lipinski definition) is 3. The minimum absolute atomic E-state index is 0.230. The SMILES string of the molecule is CCOC(CC)C(Cc1cc(OC)ccc1Br)NC. The molecule has 0 aromatic heterocycles. The molecule has 0 heterocycles. The summed E-state index contributed by atoms with van der Waals surface area (Å²) in [5.74, 6) is 0.887. The van der Waals surface area contributed by atoms with E-state index in [9.17, 15) is 0 Å². The Morgan fingerprint density at radius 2 is 2.05 bits per heavy atom. The van der Waals surface area contributed by atoms with E-state index in [0.717, 1.165) is 29.7 Å². The summed E-state index contributed by atoms with van der Waals surface area (Å²) in [7, 11) is 3.68. The second-order valence-electron chi connectivity index (χ2n) is 4.46. The third kappa shape index (κ3) is 4.79. The zero-order chi connectivity index (χ0) is 14.3. The Labute approximate surface area is 124 Å². The maximum Gasteiger partial charge on any atom is 0.119 e. The van der Waals surface area contributed by atoms with Crippen molar-refractivity contribution in [3.8, 4) is 5.75 Å². The van der Waals surface area contributed by atoms with Crippen LogP contribution in [0, 0.1) is 0 Å². The minimum atomic E-state index is 0.230. The summed E-state index contributed by atoms with van der Waals surface area (Å²) in [5.41, 5.74) is 1.23. The first-order chi connectivity index (χ1) is 9.15. The number of methoxy groups -OCH3 is 1. The molecule has 1 rings (SSSR count). The number of likely N-dealkylation sites (N-methyl/N-ethyl adjacent to an activating group) is 1. The average Bonchev–Trinajstić information content (AvgIpc) is 2.44. The summed E-state index contributed by atoms with van der Waals surface area (Å²) >= 11 is 3.60. The fourth-order valence-electron chi connectivity index (χ4n) is 2.22. The molecule has 0 saturated heterocycles. The van der Waals surface area contributed by atoms with Crippen LogP contribution in [0.4, 0.5) is 0 Å². The summed E-state index contributed by atoms with van der Waals surface area (Å²) in [5, 5.41) is 3.36. The third-order valence-corrected chi connectivity index (χ3v) is 4.07. The monoisotopic (exact) mass is 329 g/mol. The topological polar surface area (TPSA) is 30.5 Å². The van der Waals surface area contributed by atoms with E-state index in [1.165, 1.54) is 5.56 Å². The molecule has 0 amide bonds. The van der Waals surface area contributed by atoms with Crippen molar-refractivity contribution >= 4 is 15.9 Å². The Balaban J connectivity index is 2.84. The fraction of sp³-hybridized carbons (Fsp3) is 0.600. The van der Waals surface area contributed by atoms with Crippen LogP contribution in [0.2, 0.25) is 0 Å². The van der Waals surface area contributed by atoms with E-state index in [1.54, 1.807) is 7.11 Å². The van der Waals surface area contributed by atoms with Gasteiger partial charge in [0.15, 0.2) is 0 Å². The van der Waals surface area contributed by atoms with Gasteiger partial charge >= 0.3 is 0 Å². The number of nitrogens with one attached hydrogen (secondary N) is 1. The molecule has 0 aliphatic heterocycles. The quantitative estimate of drug-likeness (QED) is 0.792. The molecule has 3 nitrogen and oxygen atoms in total. The lowest BCUT2D eigenvalue weighted by molar-refractivity contribution is 0.0338. The van der Waals surface area contributed by atoms with Crippen LogP contribution in [0.15, 0.2) is 22.7 Å². The normalized spacial score (nSPS) is 14.2. The van der Waals surface area contributed by atoms with Crippen LogP contribution in [0.1, 0.15) is 25.8 Å². The number of ether oxygens (including phenoxy) is 2. The highest BCUT2D eigenvalue weighted by Crippen LogP contribution is 2.24. The van der Waals surface area contributed by atoms with Crippen LogP contribution in [0.5, 0.6) is 5.75 Å². The van der Waals surface area contributed by atoms with Gasteiger partial charge in [-0.1, -0.05) is 22.9 Å². The van der Waals surface area contributed by atoms with Crippen LogP contribution in [0.25, 0.3) is 0 Å². The molecular formula is C15H24BrNO2. The average molecular weight is 330 g/mol. The molecule has 2 atom stereocenters. The van der Waals surface area contributed by atoms with Gasteiger partial charge in [-0.15, -0.1) is 0 Å². The van der Waals surface area contributed by atoms with Gasteiger partial charge in [0.1, 0.15) is 5.75 Å². The molecule has 0 saturated carbocycles. The summed E-state index contributed by atoms with van der Waals surface area (Å²) in [6.07, 6.45) is 2.14. The molecule has 0 fully saturated rings. The number of rotatable bonds is 8. The summed E-state index contributed by atoms with van der Waals surface area (Å²) in [6.45, 7) is 4.94. The van der Waals surface area contributed by atoms with Gasteiger partial charge in [0.25, 0.3) is 0 Å². The first kappa shape index (κ1) is 16.5. The van der Waals surface area contributed by atoms with Crippen molar-refractivity contribution in [2.24, 2.45) is 0 Å². The molecule has 1 N–H and O–H groups in total. The molecule has 0 spiro atoms. The van der Waals surface area contributed by atoms with E-state index in [1.807, 2.05) is 26.1 Å². The molecule has 0 aliphatic rings. The van der Waals surface area contributed by atoms with Gasteiger partial charge < -0.3 is 14.8 Å². The van der Waals surface area contributed by atoms with Gasteiger partial charge in [0.2, 0.25) is 0 Å².